The van der Waals surface area contributed by atoms with Crippen LogP contribution in [0.4, 0.5) is 0 Å². The molecular weight excluding hydrogens is 234 g/mol. The number of hydrogen-bond donors (Lipinski definition) is 1. The summed E-state index contributed by atoms with van der Waals surface area (Å²) >= 11 is 1.54. The molecule has 0 heterocycles. The molecule has 1 aliphatic carbocycles. The number of rotatable bonds is 5. The Kier molecular flexibility index (Phi) is 6.34. The van der Waals surface area contributed by atoms with Crippen molar-refractivity contribution in [2.75, 3.05) is 12.8 Å². The van der Waals surface area contributed by atoms with Crippen LogP contribution in [0.1, 0.15) is 46.0 Å². The lowest BCUT2D eigenvalue weighted by Crippen LogP contribution is -2.39. The van der Waals surface area contributed by atoms with Crippen molar-refractivity contribution in [1.82, 2.24) is 4.90 Å². The Morgan fingerprint density at radius 2 is 1.94 bits per heavy atom. The van der Waals surface area contributed by atoms with Crippen molar-refractivity contribution in [3.05, 3.63) is 0 Å². The van der Waals surface area contributed by atoms with Gasteiger partial charge < -0.3 is 10.0 Å². The Labute approximate surface area is 109 Å². The first-order valence-corrected chi connectivity index (χ1v) is 7.62. The average molecular weight is 259 g/mol. The normalized spacial score (nSPS) is 20.9. The summed E-state index contributed by atoms with van der Waals surface area (Å²) < 4.78 is 0. The molecule has 0 spiro atoms. The predicted molar refractivity (Wildman–Crippen MR) is 73.2 cm³/mol. The summed E-state index contributed by atoms with van der Waals surface area (Å²) in [6.45, 7) is 3.73. The molecule has 1 aliphatic rings. The van der Waals surface area contributed by atoms with Gasteiger partial charge in [0.25, 0.3) is 0 Å². The summed E-state index contributed by atoms with van der Waals surface area (Å²) in [4.78, 5) is 13.9. The minimum atomic E-state index is -0.354. The van der Waals surface area contributed by atoms with Crippen LogP contribution in [-0.2, 0) is 4.79 Å². The van der Waals surface area contributed by atoms with E-state index in [9.17, 15) is 9.90 Å². The van der Waals surface area contributed by atoms with E-state index in [2.05, 4.69) is 0 Å². The maximum absolute atomic E-state index is 12.0. The number of amides is 1. The molecule has 4 heteroatoms. The van der Waals surface area contributed by atoms with Gasteiger partial charge in [-0.05, 0) is 19.8 Å². The Hall–Kier alpha value is -0.220. The summed E-state index contributed by atoms with van der Waals surface area (Å²) in [5.41, 5.74) is 0. The molecule has 0 aromatic heterocycles. The first-order valence-electron chi connectivity index (χ1n) is 6.57. The highest BCUT2D eigenvalue weighted by atomic mass is 32.2. The fourth-order valence-corrected chi connectivity index (χ4v) is 3.00. The highest BCUT2D eigenvalue weighted by Gasteiger charge is 2.22. The third kappa shape index (κ3) is 4.88. The van der Waals surface area contributed by atoms with Gasteiger partial charge in [-0.1, -0.05) is 26.2 Å². The lowest BCUT2D eigenvalue weighted by molar-refractivity contribution is -0.129. The van der Waals surface area contributed by atoms with Gasteiger partial charge in [0.2, 0.25) is 5.91 Å². The van der Waals surface area contributed by atoms with Crippen molar-refractivity contribution in [2.45, 2.75) is 63.3 Å². The molecule has 100 valence electrons. The van der Waals surface area contributed by atoms with Gasteiger partial charge in [-0.15, -0.1) is 11.8 Å². The molecule has 1 rings (SSSR count). The number of carbonyl (C=O) groups excluding carboxylic acids is 1. The molecule has 2 unspecified atom stereocenters. The second-order valence-corrected chi connectivity index (χ2v) is 6.42. The molecule has 0 bridgehead atoms. The number of aliphatic hydroxyl groups excluding tert-OH is 1. The zero-order valence-corrected chi connectivity index (χ0v) is 12.0. The van der Waals surface area contributed by atoms with E-state index in [0.29, 0.717) is 11.8 Å². The monoisotopic (exact) mass is 259 g/mol. The molecular formula is C13H25NO2S. The van der Waals surface area contributed by atoms with Crippen molar-refractivity contribution in [3.63, 3.8) is 0 Å². The van der Waals surface area contributed by atoms with Gasteiger partial charge in [0.05, 0.1) is 11.9 Å². The van der Waals surface area contributed by atoms with Crippen LogP contribution in [0.3, 0.4) is 0 Å². The molecule has 1 fully saturated rings. The molecule has 2 atom stereocenters. The van der Waals surface area contributed by atoms with Gasteiger partial charge in [0, 0.05) is 18.3 Å². The van der Waals surface area contributed by atoms with E-state index in [0.717, 1.165) is 12.8 Å². The number of aliphatic hydroxyl groups is 1. The topological polar surface area (TPSA) is 40.5 Å². The number of thioether (sulfide) groups is 1. The van der Waals surface area contributed by atoms with E-state index in [1.54, 1.807) is 18.7 Å². The largest absolute Gasteiger partial charge is 0.392 e. The van der Waals surface area contributed by atoms with Crippen LogP contribution >= 0.6 is 11.8 Å². The molecule has 17 heavy (non-hydrogen) atoms. The molecule has 0 aromatic carbocycles. The SMILES string of the molecule is CC(O)C(C)SCC(=O)N(C)C1CCCCC1. The molecule has 1 saturated carbocycles. The van der Waals surface area contributed by atoms with E-state index in [1.165, 1.54) is 19.3 Å². The van der Waals surface area contributed by atoms with Crippen molar-refractivity contribution in [3.8, 4) is 0 Å². The van der Waals surface area contributed by atoms with Crippen LogP contribution in [0.5, 0.6) is 0 Å². The first kappa shape index (κ1) is 14.8. The van der Waals surface area contributed by atoms with Crippen LogP contribution in [0.15, 0.2) is 0 Å². The second-order valence-electron chi connectivity index (χ2n) is 5.05. The molecule has 0 aromatic rings. The van der Waals surface area contributed by atoms with Crippen molar-refractivity contribution in [2.24, 2.45) is 0 Å². The summed E-state index contributed by atoms with van der Waals surface area (Å²) in [7, 11) is 1.92. The highest BCUT2D eigenvalue weighted by Crippen LogP contribution is 2.23. The van der Waals surface area contributed by atoms with E-state index in [4.69, 9.17) is 0 Å². The lowest BCUT2D eigenvalue weighted by Gasteiger charge is -2.31. The van der Waals surface area contributed by atoms with Gasteiger partial charge in [0.15, 0.2) is 0 Å². The van der Waals surface area contributed by atoms with Crippen molar-refractivity contribution in [1.29, 1.82) is 0 Å². The smallest absolute Gasteiger partial charge is 0.232 e. The van der Waals surface area contributed by atoms with Gasteiger partial charge in [-0.25, -0.2) is 0 Å². The summed E-state index contributed by atoms with van der Waals surface area (Å²) in [5, 5.41) is 9.50. The van der Waals surface area contributed by atoms with Gasteiger partial charge in [-0.3, -0.25) is 4.79 Å². The second kappa shape index (κ2) is 7.27. The molecule has 1 N–H and O–H groups in total. The van der Waals surface area contributed by atoms with E-state index in [1.807, 2.05) is 18.9 Å². The third-order valence-electron chi connectivity index (χ3n) is 3.66. The third-order valence-corrected chi connectivity index (χ3v) is 5.00. The maximum Gasteiger partial charge on any atom is 0.232 e. The quantitative estimate of drug-likeness (QED) is 0.823. The molecule has 1 amide bonds. The molecule has 0 saturated heterocycles. The Morgan fingerprint density at radius 1 is 1.35 bits per heavy atom. The van der Waals surface area contributed by atoms with Crippen LogP contribution in [-0.4, -0.2) is 46.1 Å². The number of nitrogens with zero attached hydrogens (tertiary/aromatic N) is 1. The van der Waals surface area contributed by atoms with Crippen molar-refractivity contribution < 1.29 is 9.90 Å². The minimum absolute atomic E-state index is 0.124. The summed E-state index contributed by atoms with van der Waals surface area (Å²) in [6.07, 6.45) is 5.76. The van der Waals surface area contributed by atoms with Crippen LogP contribution in [0.2, 0.25) is 0 Å². The van der Waals surface area contributed by atoms with Crippen LogP contribution in [0.25, 0.3) is 0 Å². The standard InChI is InChI=1S/C13H25NO2S/c1-10(15)11(2)17-9-13(16)14(3)12-7-5-4-6-8-12/h10-12,15H,4-9H2,1-3H3. The molecule has 0 radical (unpaired) electrons. The maximum atomic E-state index is 12.0. The van der Waals surface area contributed by atoms with E-state index >= 15 is 0 Å². The lowest BCUT2D eigenvalue weighted by atomic mass is 9.94. The number of hydrogen-bond acceptors (Lipinski definition) is 3. The van der Waals surface area contributed by atoms with Crippen molar-refractivity contribution >= 4 is 17.7 Å². The first-order chi connectivity index (χ1) is 8.02. The predicted octanol–water partition coefficient (Wildman–Crippen LogP) is 2.28. The Bertz CT molecular complexity index is 240. The molecule has 0 aliphatic heterocycles. The van der Waals surface area contributed by atoms with Crippen LogP contribution in [0, 0.1) is 0 Å². The summed E-state index contributed by atoms with van der Waals surface area (Å²) in [6, 6.07) is 0.443. The number of carbonyl (C=O) groups is 1. The highest BCUT2D eigenvalue weighted by molar-refractivity contribution is 8.00. The Balaban J connectivity index is 2.30. The van der Waals surface area contributed by atoms with Gasteiger partial charge in [-0.2, -0.15) is 0 Å². The fraction of sp³-hybridized carbons (Fsp3) is 0.923. The van der Waals surface area contributed by atoms with E-state index < -0.39 is 0 Å². The zero-order valence-electron chi connectivity index (χ0n) is 11.2. The summed E-state index contributed by atoms with van der Waals surface area (Å²) in [5.74, 6) is 0.688. The van der Waals surface area contributed by atoms with Gasteiger partial charge in [0.1, 0.15) is 0 Å². The minimum Gasteiger partial charge on any atom is -0.392 e. The molecule has 3 nitrogen and oxygen atoms in total. The van der Waals surface area contributed by atoms with Crippen LogP contribution < -0.4 is 0 Å². The Morgan fingerprint density at radius 3 is 2.47 bits per heavy atom. The zero-order chi connectivity index (χ0) is 12.8. The average Bonchev–Trinajstić information content (AvgIpc) is 2.35. The fourth-order valence-electron chi connectivity index (χ4n) is 2.12. The van der Waals surface area contributed by atoms with Gasteiger partial charge >= 0.3 is 0 Å². The van der Waals surface area contributed by atoms with E-state index in [-0.39, 0.29) is 17.3 Å².